The number of rotatable bonds is 6. The summed E-state index contributed by atoms with van der Waals surface area (Å²) in [7, 11) is -3.10. The highest BCUT2D eigenvalue weighted by atomic mass is 79.9. The normalized spacial score (nSPS) is 11.5. The van der Waals surface area contributed by atoms with E-state index in [0.29, 0.717) is 30.4 Å². The zero-order valence-electron chi connectivity index (χ0n) is 9.20. The monoisotopic (exact) mass is 341 g/mol. The molecule has 0 saturated carbocycles. The summed E-state index contributed by atoms with van der Waals surface area (Å²) in [5.41, 5.74) is 0. The number of anilines is 1. The van der Waals surface area contributed by atoms with E-state index in [-0.39, 0.29) is 0 Å². The van der Waals surface area contributed by atoms with Gasteiger partial charge in [-0.2, -0.15) is 0 Å². The van der Waals surface area contributed by atoms with Crippen LogP contribution in [-0.4, -0.2) is 32.7 Å². The molecule has 1 aromatic rings. The van der Waals surface area contributed by atoms with Crippen molar-refractivity contribution in [1.82, 2.24) is 9.71 Å². The Kier molecular flexibility index (Phi) is 5.64. The summed E-state index contributed by atoms with van der Waals surface area (Å²) < 4.78 is 24.8. The van der Waals surface area contributed by atoms with Crippen molar-refractivity contribution in [2.75, 3.05) is 24.7 Å². The average molecular weight is 343 g/mol. The number of nitrogens with one attached hydrogen (secondary N) is 2. The van der Waals surface area contributed by atoms with E-state index in [1.165, 1.54) is 0 Å². The molecule has 96 valence electrons. The number of pyridine rings is 1. The molecule has 0 bridgehead atoms. The number of nitrogens with zero attached hydrogens (tertiary/aromatic N) is 1. The lowest BCUT2D eigenvalue weighted by Gasteiger charge is -2.07. The summed E-state index contributed by atoms with van der Waals surface area (Å²) in [6, 6.07) is 1.74. The van der Waals surface area contributed by atoms with Crippen LogP contribution in [0.25, 0.3) is 0 Å². The topological polar surface area (TPSA) is 71.1 Å². The van der Waals surface area contributed by atoms with Gasteiger partial charge in [-0.05, 0) is 28.4 Å². The molecule has 0 spiro atoms. The fourth-order valence-electron chi connectivity index (χ4n) is 1.10. The van der Waals surface area contributed by atoms with Crippen LogP contribution in [0.15, 0.2) is 16.7 Å². The molecule has 1 heterocycles. The Bertz CT molecular complexity index is 481. The Hall–Kier alpha value is -0.370. The van der Waals surface area contributed by atoms with Crippen molar-refractivity contribution in [3.8, 4) is 0 Å². The highest BCUT2D eigenvalue weighted by Crippen LogP contribution is 2.22. The van der Waals surface area contributed by atoms with Gasteiger partial charge in [0, 0.05) is 19.3 Å². The molecule has 8 heteroatoms. The SMILES string of the molecule is CS(=O)(=O)NCCCNc1ncc(Cl)cc1Br. The van der Waals surface area contributed by atoms with E-state index in [1.54, 1.807) is 12.3 Å². The first-order valence-corrected chi connectivity index (χ1v) is 7.94. The maximum atomic E-state index is 10.8. The third-order valence-corrected chi connectivity index (χ3v) is 3.36. The van der Waals surface area contributed by atoms with E-state index in [0.717, 1.165) is 10.7 Å². The van der Waals surface area contributed by atoms with E-state index < -0.39 is 10.0 Å². The summed E-state index contributed by atoms with van der Waals surface area (Å²) in [6.45, 7) is 1.02. The molecular formula is C9H13BrClN3O2S. The van der Waals surface area contributed by atoms with Gasteiger partial charge in [0.05, 0.1) is 15.8 Å². The number of aromatic nitrogens is 1. The average Bonchev–Trinajstić information content (AvgIpc) is 2.18. The van der Waals surface area contributed by atoms with Crippen LogP contribution in [-0.2, 0) is 10.0 Å². The van der Waals surface area contributed by atoms with Crippen LogP contribution in [0, 0.1) is 0 Å². The number of hydrogen-bond acceptors (Lipinski definition) is 4. The molecule has 0 aromatic carbocycles. The van der Waals surface area contributed by atoms with Gasteiger partial charge in [0.25, 0.3) is 0 Å². The van der Waals surface area contributed by atoms with E-state index in [1.807, 2.05) is 0 Å². The maximum Gasteiger partial charge on any atom is 0.208 e. The molecule has 0 aliphatic carbocycles. The van der Waals surface area contributed by atoms with Crippen molar-refractivity contribution >= 4 is 43.4 Å². The first-order chi connectivity index (χ1) is 7.88. The van der Waals surface area contributed by atoms with Gasteiger partial charge in [-0.25, -0.2) is 18.1 Å². The summed E-state index contributed by atoms with van der Waals surface area (Å²) in [6.07, 6.45) is 3.35. The van der Waals surface area contributed by atoms with Gasteiger partial charge < -0.3 is 5.32 Å². The molecule has 0 fully saturated rings. The standard InChI is InChI=1S/C9H13BrClN3O2S/c1-17(15,16)14-4-2-3-12-9-8(10)5-7(11)6-13-9/h5-6,14H,2-4H2,1H3,(H,12,13). The Morgan fingerprint density at radius 3 is 2.76 bits per heavy atom. The number of sulfonamides is 1. The van der Waals surface area contributed by atoms with Gasteiger partial charge >= 0.3 is 0 Å². The molecule has 0 amide bonds. The van der Waals surface area contributed by atoms with Gasteiger partial charge in [-0.3, -0.25) is 0 Å². The second-order valence-corrected chi connectivity index (χ2v) is 6.55. The van der Waals surface area contributed by atoms with Crippen LogP contribution in [0.2, 0.25) is 5.02 Å². The van der Waals surface area contributed by atoms with Crippen molar-refractivity contribution in [2.45, 2.75) is 6.42 Å². The summed E-state index contributed by atoms with van der Waals surface area (Å²) in [5.74, 6) is 0.689. The van der Waals surface area contributed by atoms with E-state index >= 15 is 0 Å². The van der Waals surface area contributed by atoms with Crippen LogP contribution in [0.1, 0.15) is 6.42 Å². The maximum absolute atomic E-state index is 10.8. The van der Waals surface area contributed by atoms with Crippen molar-refractivity contribution in [3.05, 3.63) is 21.8 Å². The van der Waals surface area contributed by atoms with Crippen molar-refractivity contribution in [2.24, 2.45) is 0 Å². The van der Waals surface area contributed by atoms with Crippen LogP contribution < -0.4 is 10.0 Å². The van der Waals surface area contributed by atoms with Crippen molar-refractivity contribution in [3.63, 3.8) is 0 Å². The zero-order chi connectivity index (χ0) is 12.9. The fourth-order valence-corrected chi connectivity index (χ4v) is 2.39. The van der Waals surface area contributed by atoms with Crippen molar-refractivity contribution < 1.29 is 8.42 Å². The third-order valence-electron chi connectivity index (χ3n) is 1.82. The zero-order valence-corrected chi connectivity index (χ0v) is 12.4. The van der Waals surface area contributed by atoms with Crippen LogP contribution in [0.5, 0.6) is 0 Å². The van der Waals surface area contributed by atoms with Gasteiger partial charge in [0.1, 0.15) is 5.82 Å². The Morgan fingerprint density at radius 2 is 2.18 bits per heavy atom. The minimum absolute atomic E-state index is 0.400. The smallest absolute Gasteiger partial charge is 0.208 e. The predicted molar refractivity (Wildman–Crippen MR) is 72.9 cm³/mol. The lowest BCUT2D eigenvalue weighted by atomic mass is 10.4. The minimum Gasteiger partial charge on any atom is -0.369 e. The molecule has 0 radical (unpaired) electrons. The second kappa shape index (κ2) is 6.53. The van der Waals surface area contributed by atoms with Crippen LogP contribution >= 0.6 is 27.5 Å². The summed E-state index contributed by atoms with van der Waals surface area (Å²) in [4.78, 5) is 4.10. The first kappa shape index (κ1) is 14.7. The number of hydrogen-bond donors (Lipinski definition) is 2. The molecule has 17 heavy (non-hydrogen) atoms. The van der Waals surface area contributed by atoms with Crippen molar-refractivity contribution in [1.29, 1.82) is 0 Å². The van der Waals surface area contributed by atoms with Gasteiger partial charge in [0.2, 0.25) is 10.0 Å². The lowest BCUT2D eigenvalue weighted by Crippen LogP contribution is -2.24. The van der Waals surface area contributed by atoms with E-state index in [9.17, 15) is 8.42 Å². The van der Waals surface area contributed by atoms with Gasteiger partial charge in [-0.15, -0.1) is 0 Å². The van der Waals surface area contributed by atoms with Crippen LogP contribution in [0.3, 0.4) is 0 Å². The first-order valence-electron chi connectivity index (χ1n) is 4.88. The molecule has 2 N–H and O–H groups in total. The molecular weight excluding hydrogens is 330 g/mol. The second-order valence-electron chi connectivity index (χ2n) is 3.43. The van der Waals surface area contributed by atoms with Gasteiger partial charge in [0.15, 0.2) is 0 Å². The van der Waals surface area contributed by atoms with E-state index in [2.05, 4.69) is 31.0 Å². The number of halogens is 2. The minimum atomic E-state index is -3.10. The quantitative estimate of drug-likeness (QED) is 0.774. The summed E-state index contributed by atoms with van der Waals surface area (Å²) >= 11 is 9.08. The third kappa shape index (κ3) is 6.21. The Morgan fingerprint density at radius 1 is 1.47 bits per heavy atom. The van der Waals surface area contributed by atoms with E-state index in [4.69, 9.17) is 11.6 Å². The summed E-state index contributed by atoms with van der Waals surface area (Å²) in [5, 5.41) is 3.63. The molecule has 1 aromatic heterocycles. The fraction of sp³-hybridized carbons (Fsp3) is 0.444. The molecule has 0 saturated heterocycles. The predicted octanol–water partition coefficient (Wildman–Crippen LogP) is 1.85. The van der Waals surface area contributed by atoms with Crippen LogP contribution in [0.4, 0.5) is 5.82 Å². The molecule has 5 nitrogen and oxygen atoms in total. The Labute approximate surface area is 114 Å². The van der Waals surface area contributed by atoms with Gasteiger partial charge in [-0.1, -0.05) is 11.6 Å². The molecule has 1 rings (SSSR count). The largest absolute Gasteiger partial charge is 0.369 e. The molecule has 0 aliphatic heterocycles. The highest BCUT2D eigenvalue weighted by Gasteiger charge is 2.02. The molecule has 0 unspecified atom stereocenters. The highest BCUT2D eigenvalue weighted by molar-refractivity contribution is 9.10. The molecule has 0 aliphatic rings. The Balaban J connectivity index is 2.32. The lowest BCUT2D eigenvalue weighted by molar-refractivity contribution is 0.586. The molecule has 0 atom stereocenters.